The lowest BCUT2D eigenvalue weighted by atomic mass is 10.3. The van der Waals surface area contributed by atoms with Crippen molar-refractivity contribution < 1.29 is 13.2 Å². The first kappa shape index (κ1) is 17.7. The van der Waals surface area contributed by atoms with Crippen molar-refractivity contribution >= 4 is 10.0 Å². The zero-order valence-corrected chi connectivity index (χ0v) is 13.7. The third kappa shape index (κ3) is 5.49. The van der Waals surface area contributed by atoms with Crippen LogP contribution >= 0.6 is 0 Å². The molecule has 1 rings (SSSR count). The number of hydrogen-bond donors (Lipinski definition) is 1. The number of ether oxygens (including phenoxy) is 1. The second-order valence-corrected chi connectivity index (χ2v) is 6.94. The van der Waals surface area contributed by atoms with Gasteiger partial charge in [-0.15, -0.1) is 0 Å². The Hall–Kier alpha value is -1.37. The van der Waals surface area contributed by atoms with Crippen molar-refractivity contribution in [3.63, 3.8) is 0 Å². The van der Waals surface area contributed by atoms with E-state index in [9.17, 15) is 8.42 Å². The van der Waals surface area contributed by atoms with Gasteiger partial charge < -0.3 is 10.1 Å². The molecule has 0 bridgehead atoms. The van der Waals surface area contributed by atoms with Crippen LogP contribution in [0.2, 0.25) is 0 Å². The number of nitrogens with zero attached hydrogens (tertiary/aromatic N) is 1. The molecule has 0 spiro atoms. The highest BCUT2D eigenvalue weighted by molar-refractivity contribution is 7.89. The Morgan fingerprint density at radius 2 is 1.95 bits per heavy atom. The Labute approximate surface area is 127 Å². The molecule has 0 aliphatic rings. The van der Waals surface area contributed by atoms with Crippen molar-refractivity contribution in [1.82, 2.24) is 9.62 Å². The molecule has 21 heavy (non-hydrogen) atoms. The molecule has 0 aliphatic carbocycles. The molecule has 6 heteroatoms. The summed E-state index contributed by atoms with van der Waals surface area (Å²) in [7, 11) is -1.93. The molecular formula is C15H24N2O3S. The molecule has 0 saturated carbocycles. The molecule has 0 aromatic heterocycles. The van der Waals surface area contributed by atoms with Gasteiger partial charge in [0.25, 0.3) is 0 Å². The van der Waals surface area contributed by atoms with Crippen LogP contribution in [0, 0.1) is 0 Å². The Kier molecular flexibility index (Phi) is 6.87. The van der Waals surface area contributed by atoms with E-state index in [0.29, 0.717) is 18.9 Å². The minimum absolute atomic E-state index is 0.255. The van der Waals surface area contributed by atoms with Gasteiger partial charge >= 0.3 is 0 Å². The largest absolute Gasteiger partial charge is 0.492 e. The Bertz CT molecular complexity index is 553. The van der Waals surface area contributed by atoms with Gasteiger partial charge in [-0.3, -0.25) is 0 Å². The standard InChI is InChI=1S/C15H24N2O3S/c1-5-16-10-11-20-14-6-8-15(9-7-14)21(18,19)17(4)12-13(2)3/h6-9,16H,2,5,10-12H2,1,3-4H3. The third-order valence-electron chi connectivity index (χ3n) is 2.82. The Morgan fingerprint density at radius 3 is 2.48 bits per heavy atom. The lowest BCUT2D eigenvalue weighted by Gasteiger charge is -2.17. The molecule has 0 unspecified atom stereocenters. The van der Waals surface area contributed by atoms with Crippen molar-refractivity contribution in [1.29, 1.82) is 0 Å². The van der Waals surface area contributed by atoms with Crippen molar-refractivity contribution in [2.75, 3.05) is 33.3 Å². The molecule has 1 N–H and O–H groups in total. The van der Waals surface area contributed by atoms with Gasteiger partial charge in [-0.25, -0.2) is 8.42 Å². The summed E-state index contributed by atoms with van der Waals surface area (Å²) in [5.41, 5.74) is 0.796. The monoisotopic (exact) mass is 312 g/mol. The normalized spacial score (nSPS) is 11.6. The van der Waals surface area contributed by atoms with Crippen molar-refractivity contribution in [3.8, 4) is 5.75 Å². The number of rotatable bonds is 9. The van der Waals surface area contributed by atoms with Gasteiger partial charge in [0.05, 0.1) is 4.90 Å². The van der Waals surface area contributed by atoms with Crippen molar-refractivity contribution in [2.45, 2.75) is 18.7 Å². The van der Waals surface area contributed by atoms with E-state index in [1.165, 1.54) is 4.31 Å². The molecule has 1 aromatic carbocycles. The van der Waals surface area contributed by atoms with Crippen LogP contribution in [0.25, 0.3) is 0 Å². The average molecular weight is 312 g/mol. The van der Waals surface area contributed by atoms with Crippen LogP contribution in [0.3, 0.4) is 0 Å². The first-order valence-corrected chi connectivity index (χ1v) is 8.36. The lowest BCUT2D eigenvalue weighted by Crippen LogP contribution is -2.28. The van der Waals surface area contributed by atoms with Crippen LogP contribution in [0.4, 0.5) is 0 Å². The number of likely N-dealkylation sites (N-methyl/N-ethyl adjacent to an activating group) is 2. The van der Waals surface area contributed by atoms with Crippen LogP contribution in [0.1, 0.15) is 13.8 Å². The van der Waals surface area contributed by atoms with E-state index in [0.717, 1.165) is 18.7 Å². The zero-order chi connectivity index (χ0) is 15.9. The second kappa shape index (κ2) is 8.17. The fraction of sp³-hybridized carbons (Fsp3) is 0.467. The maximum Gasteiger partial charge on any atom is 0.243 e. The molecule has 1 aromatic rings. The van der Waals surface area contributed by atoms with Crippen LogP contribution in [-0.2, 0) is 10.0 Å². The minimum atomic E-state index is -3.48. The molecule has 0 aliphatic heterocycles. The van der Waals surface area contributed by atoms with Gasteiger partial charge in [0, 0.05) is 20.1 Å². The maximum absolute atomic E-state index is 12.3. The van der Waals surface area contributed by atoms with E-state index in [4.69, 9.17) is 4.74 Å². The number of benzene rings is 1. The fourth-order valence-electron chi connectivity index (χ4n) is 1.77. The van der Waals surface area contributed by atoms with Crippen molar-refractivity contribution in [2.24, 2.45) is 0 Å². The SMILES string of the molecule is C=C(C)CN(C)S(=O)(=O)c1ccc(OCCNCC)cc1. The first-order chi connectivity index (χ1) is 9.87. The van der Waals surface area contributed by atoms with Gasteiger partial charge in [0.1, 0.15) is 12.4 Å². The summed E-state index contributed by atoms with van der Waals surface area (Å²) in [6.07, 6.45) is 0. The molecule has 0 radical (unpaired) electrons. The van der Waals surface area contributed by atoms with Gasteiger partial charge in [-0.1, -0.05) is 19.1 Å². The third-order valence-corrected chi connectivity index (χ3v) is 4.64. The average Bonchev–Trinajstić information content (AvgIpc) is 2.43. The quantitative estimate of drug-likeness (QED) is 0.559. The highest BCUT2D eigenvalue weighted by Gasteiger charge is 2.20. The van der Waals surface area contributed by atoms with Crippen LogP contribution < -0.4 is 10.1 Å². The van der Waals surface area contributed by atoms with E-state index in [2.05, 4.69) is 11.9 Å². The molecule has 118 valence electrons. The summed E-state index contributed by atoms with van der Waals surface area (Å²) in [4.78, 5) is 0.255. The minimum Gasteiger partial charge on any atom is -0.492 e. The number of hydrogen-bond acceptors (Lipinski definition) is 4. The summed E-state index contributed by atoms with van der Waals surface area (Å²) in [5.74, 6) is 0.661. The van der Waals surface area contributed by atoms with Gasteiger partial charge in [0.2, 0.25) is 10.0 Å². The van der Waals surface area contributed by atoms with E-state index in [1.807, 2.05) is 6.92 Å². The summed E-state index contributed by atoms with van der Waals surface area (Å²) < 4.78 is 31.4. The Balaban J connectivity index is 2.70. The topological polar surface area (TPSA) is 58.6 Å². The molecule has 0 atom stereocenters. The highest BCUT2D eigenvalue weighted by atomic mass is 32.2. The summed E-state index contributed by atoms with van der Waals surface area (Å²) in [5, 5.41) is 3.15. The molecule has 0 amide bonds. The van der Waals surface area contributed by atoms with E-state index in [-0.39, 0.29) is 4.90 Å². The predicted octanol–water partition coefficient (Wildman–Crippen LogP) is 1.87. The summed E-state index contributed by atoms with van der Waals surface area (Å²) >= 11 is 0. The van der Waals surface area contributed by atoms with Crippen molar-refractivity contribution in [3.05, 3.63) is 36.4 Å². The smallest absolute Gasteiger partial charge is 0.243 e. The molecular weight excluding hydrogens is 288 g/mol. The van der Waals surface area contributed by atoms with Gasteiger partial charge in [-0.2, -0.15) is 4.31 Å². The molecule has 0 heterocycles. The van der Waals surface area contributed by atoms with Crippen LogP contribution in [0.5, 0.6) is 5.75 Å². The van der Waals surface area contributed by atoms with Gasteiger partial charge in [-0.05, 0) is 37.7 Å². The van der Waals surface area contributed by atoms with E-state index >= 15 is 0 Å². The Morgan fingerprint density at radius 1 is 1.33 bits per heavy atom. The molecule has 0 saturated heterocycles. The van der Waals surface area contributed by atoms with Crippen LogP contribution in [0.15, 0.2) is 41.3 Å². The number of sulfonamides is 1. The maximum atomic E-state index is 12.3. The first-order valence-electron chi connectivity index (χ1n) is 6.92. The lowest BCUT2D eigenvalue weighted by molar-refractivity contribution is 0.315. The predicted molar refractivity (Wildman–Crippen MR) is 85.1 cm³/mol. The van der Waals surface area contributed by atoms with Gasteiger partial charge in [0.15, 0.2) is 0 Å². The zero-order valence-electron chi connectivity index (χ0n) is 12.9. The second-order valence-electron chi connectivity index (χ2n) is 4.89. The van der Waals surface area contributed by atoms with Crippen LogP contribution in [-0.4, -0.2) is 46.0 Å². The van der Waals surface area contributed by atoms with E-state index in [1.54, 1.807) is 38.2 Å². The summed E-state index contributed by atoms with van der Waals surface area (Å²) in [6, 6.07) is 6.47. The van der Waals surface area contributed by atoms with E-state index < -0.39 is 10.0 Å². The highest BCUT2D eigenvalue weighted by Crippen LogP contribution is 2.19. The molecule has 5 nitrogen and oxygen atoms in total. The summed E-state index contributed by atoms with van der Waals surface area (Å²) in [6.45, 7) is 10.1. The number of nitrogens with one attached hydrogen (secondary N) is 1. The molecule has 0 fully saturated rings. The fourth-order valence-corrected chi connectivity index (χ4v) is 3.00.